The largest absolute Gasteiger partial charge is 0.417 e. The van der Waals surface area contributed by atoms with Crippen LogP contribution in [0, 0.1) is 0 Å². The van der Waals surface area contributed by atoms with Crippen LogP contribution in [0.15, 0.2) is 12.3 Å². The molecule has 0 saturated heterocycles. The maximum Gasteiger partial charge on any atom is 0.417 e. The molecule has 0 unspecified atom stereocenters. The number of fused-ring (bicyclic) bond motifs is 1. The summed E-state index contributed by atoms with van der Waals surface area (Å²) in [5, 5.41) is -0.0370. The van der Waals surface area contributed by atoms with Crippen molar-refractivity contribution in [2.45, 2.75) is 38.9 Å². The molecular formula is C13H15ClF3N3. The van der Waals surface area contributed by atoms with Crippen LogP contribution in [-0.4, -0.2) is 9.38 Å². The second kappa shape index (κ2) is 4.63. The van der Waals surface area contributed by atoms with Crippen molar-refractivity contribution in [1.82, 2.24) is 9.38 Å². The van der Waals surface area contributed by atoms with E-state index in [4.69, 9.17) is 17.3 Å². The summed E-state index contributed by atoms with van der Waals surface area (Å²) in [6.45, 7) is 5.86. The number of rotatable bonds is 1. The van der Waals surface area contributed by atoms with Crippen molar-refractivity contribution in [3.8, 4) is 0 Å². The summed E-state index contributed by atoms with van der Waals surface area (Å²) in [7, 11) is 0. The molecule has 0 fully saturated rings. The van der Waals surface area contributed by atoms with Crippen LogP contribution in [0.2, 0.25) is 5.02 Å². The summed E-state index contributed by atoms with van der Waals surface area (Å²) in [6, 6.07) is 0.886. The topological polar surface area (TPSA) is 43.3 Å². The van der Waals surface area contributed by atoms with Gasteiger partial charge in [0, 0.05) is 18.2 Å². The minimum atomic E-state index is -4.46. The van der Waals surface area contributed by atoms with E-state index >= 15 is 0 Å². The minimum absolute atomic E-state index is 0.0370. The van der Waals surface area contributed by atoms with Gasteiger partial charge in [0.2, 0.25) is 0 Å². The first-order chi connectivity index (χ1) is 9.05. The zero-order chi connectivity index (χ0) is 15.3. The number of hydrogen-bond donors (Lipinski definition) is 1. The lowest BCUT2D eigenvalue weighted by Crippen LogP contribution is -2.17. The van der Waals surface area contributed by atoms with Gasteiger partial charge in [-0.25, -0.2) is 4.98 Å². The fourth-order valence-corrected chi connectivity index (χ4v) is 2.35. The van der Waals surface area contributed by atoms with Gasteiger partial charge in [-0.1, -0.05) is 32.4 Å². The number of aromatic nitrogens is 2. The highest BCUT2D eigenvalue weighted by atomic mass is 35.5. The summed E-state index contributed by atoms with van der Waals surface area (Å²) in [6.07, 6.45) is -3.47. The Hall–Kier alpha value is -1.27. The standard InChI is InChI=1S/C13H15ClF3N3/c1-12(2,3)10-9(5-18)20-6-7(13(15,16)17)4-8(14)11(20)19-10/h4,6H,5,18H2,1-3H3. The molecule has 0 bridgehead atoms. The smallest absolute Gasteiger partial charge is 0.325 e. The van der Waals surface area contributed by atoms with Crippen LogP contribution in [0.4, 0.5) is 13.2 Å². The Kier molecular flexibility index (Phi) is 3.50. The molecule has 2 heterocycles. The van der Waals surface area contributed by atoms with Crippen LogP contribution in [0.5, 0.6) is 0 Å². The van der Waals surface area contributed by atoms with Gasteiger partial charge in [0.1, 0.15) is 0 Å². The number of imidazole rings is 1. The number of halogens is 4. The molecule has 2 N–H and O–H groups in total. The van der Waals surface area contributed by atoms with Crippen molar-refractivity contribution >= 4 is 17.2 Å². The van der Waals surface area contributed by atoms with Crippen molar-refractivity contribution in [3.63, 3.8) is 0 Å². The van der Waals surface area contributed by atoms with Crippen LogP contribution in [-0.2, 0) is 18.1 Å². The Balaban J connectivity index is 2.83. The van der Waals surface area contributed by atoms with E-state index in [1.54, 1.807) is 0 Å². The third-order valence-corrected chi connectivity index (χ3v) is 3.28. The molecular weight excluding hydrogens is 291 g/mol. The molecule has 3 nitrogen and oxygen atoms in total. The van der Waals surface area contributed by atoms with Crippen LogP contribution >= 0.6 is 11.6 Å². The van der Waals surface area contributed by atoms with Crippen molar-refractivity contribution in [2.75, 3.05) is 0 Å². The van der Waals surface area contributed by atoms with Gasteiger partial charge in [-0.05, 0) is 6.07 Å². The van der Waals surface area contributed by atoms with Gasteiger partial charge in [-0.2, -0.15) is 13.2 Å². The Morgan fingerprint density at radius 2 is 1.90 bits per heavy atom. The maximum absolute atomic E-state index is 12.8. The van der Waals surface area contributed by atoms with Crippen LogP contribution < -0.4 is 5.73 Å². The highest BCUT2D eigenvalue weighted by molar-refractivity contribution is 6.33. The second-order valence-electron chi connectivity index (χ2n) is 5.63. The van der Waals surface area contributed by atoms with Crippen molar-refractivity contribution in [1.29, 1.82) is 0 Å². The molecule has 0 aliphatic heterocycles. The van der Waals surface area contributed by atoms with Crippen LogP contribution in [0.25, 0.3) is 5.65 Å². The molecule has 0 spiro atoms. The third kappa shape index (κ3) is 2.50. The summed E-state index contributed by atoms with van der Waals surface area (Å²) in [5.74, 6) is 0. The number of alkyl halides is 3. The fourth-order valence-electron chi connectivity index (χ4n) is 2.10. The molecule has 0 amide bonds. The van der Waals surface area contributed by atoms with Crippen molar-refractivity contribution in [2.24, 2.45) is 5.73 Å². The lowest BCUT2D eigenvalue weighted by molar-refractivity contribution is -0.137. The van der Waals surface area contributed by atoms with Gasteiger partial charge in [-0.15, -0.1) is 0 Å². The fraction of sp³-hybridized carbons (Fsp3) is 0.462. The van der Waals surface area contributed by atoms with E-state index in [-0.39, 0.29) is 17.0 Å². The van der Waals surface area contributed by atoms with E-state index in [9.17, 15) is 13.2 Å². The van der Waals surface area contributed by atoms with Gasteiger partial charge in [-0.3, -0.25) is 0 Å². The molecule has 110 valence electrons. The Bertz CT molecular complexity index is 653. The van der Waals surface area contributed by atoms with Gasteiger partial charge < -0.3 is 10.1 Å². The maximum atomic E-state index is 12.8. The van der Waals surface area contributed by atoms with Crippen molar-refractivity contribution in [3.05, 3.63) is 34.2 Å². The van der Waals surface area contributed by atoms with Gasteiger partial charge in [0.05, 0.1) is 22.0 Å². The molecule has 20 heavy (non-hydrogen) atoms. The average molecular weight is 306 g/mol. The SMILES string of the molecule is CC(C)(C)c1nc2c(Cl)cc(C(F)(F)F)cn2c1CN. The molecule has 2 aromatic rings. The lowest BCUT2D eigenvalue weighted by atomic mass is 9.91. The summed E-state index contributed by atoms with van der Waals surface area (Å²) < 4.78 is 39.9. The Morgan fingerprint density at radius 3 is 2.35 bits per heavy atom. The monoisotopic (exact) mass is 305 g/mol. The van der Waals surface area contributed by atoms with Crippen molar-refractivity contribution < 1.29 is 13.2 Å². The van der Waals surface area contributed by atoms with E-state index in [2.05, 4.69) is 4.98 Å². The first kappa shape index (κ1) is 15.1. The molecule has 0 aromatic carbocycles. The average Bonchev–Trinajstić information content (AvgIpc) is 2.66. The lowest BCUT2D eigenvalue weighted by Gasteiger charge is -2.17. The summed E-state index contributed by atoms with van der Waals surface area (Å²) in [5.41, 5.74) is 6.03. The van der Waals surface area contributed by atoms with Crippen LogP contribution in [0.1, 0.15) is 37.7 Å². The van der Waals surface area contributed by atoms with E-state index in [0.717, 1.165) is 12.3 Å². The molecule has 2 rings (SSSR count). The Labute approximate surface area is 119 Å². The summed E-state index contributed by atoms with van der Waals surface area (Å²) in [4.78, 5) is 4.36. The van der Waals surface area contributed by atoms with E-state index in [0.29, 0.717) is 17.0 Å². The van der Waals surface area contributed by atoms with Gasteiger partial charge in [0.15, 0.2) is 5.65 Å². The van der Waals surface area contributed by atoms with Gasteiger partial charge in [0.25, 0.3) is 0 Å². The predicted molar refractivity (Wildman–Crippen MR) is 71.8 cm³/mol. The zero-order valence-corrected chi connectivity index (χ0v) is 12.1. The second-order valence-corrected chi connectivity index (χ2v) is 6.04. The third-order valence-electron chi connectivity index (χ3n) is 3.01. The predicted octanol–water partition coefficient (Wildman–Crippen LogP) is 3.76. The molecule has 0 radical (unpaired) electrons. The van der Waals surface area contributed by atoms with E-state index in [1.807, 2.05) is 20.8 Å². The first-order valence-corrected chi connectivity index (χ1v) is 6.41. The number of nitrogens with zero attached hydrogens (tertiary/aromatic N) is 2. The Morgan fingerprint density at radius 1 is 1.30 bits per heavy atom. The highest BCUT2D eigenvalue weighted by Crippen LogP contribution is 2.34. The highest BCUT2D eigenvalue weighted by Gasteiger charge is 2.33. The molecule has 7 heteroatoms. The first-order valence-electron chi connectivity index (χ1n) is 6.04. The quantitative estimate of drug-likeness (QED) is 0.871. The normalized spacial score (nSPS) is 13.2. The molecule has 0 aliphatic rings. The van der Waals surface area contributed by atoms with Crippen LogP contribution in [0.3, 0.4) is 0 Å². The molecule has 0 aliphatic carbocycles. The minimum Gasteiger partial charge on any atom is -0.325 e. The van der Waals surface area contributed by atoms with E-state index in [1.165, 1.54) is 4.40 Å². The molecule has 2 aromatic heterocycles. The zero-order valence-electron chi connectivity index (χ0n) is 11.3. The summed E-state index contributed by atoms with van der Waals surface area (Å²) >= 11 is 5.94. The number of pyridine rings is 1. The van der Waals surface area contributed by atoms with E-state index < -0.39 is 11.7 Å². The number of hydrogen-bond acceptors (Lipinski definition) is 2. The van der Waals surface area contributed by atoms with Gasteiger partial charge >= 0.3 is 6.18 Å². The molecule has 0 saturated carbocycles. The number of nitrogens with two attached hydrogens (primary N) is 1. The molecule has 0 atom stereocenters.